The number of likely N-dealkylation sites (N-methyl/N-ethyl adjacent to an activating group) is 1. The first-order chi connectivity index (χ1) is 43.3. The van der Waals surface area contributed by atoms with Crippen LogP contribution in [-0.2, 0) is 63.5 Å². The van der Waals surface area contributed by atoms with Gasteiger partial charge in [-0.2, -0.15) is 8.91 Å². The Bertz CT molecular complexity index is 3720. The maximum atomic E-state index is 14.7. The number of unbranched alkanes of at least 4 members (excludes halogenated alkanes) is 2. The number of Topliss-reactive ketones (excluding diaryl/α,β-unsaturated/α-hetero) is 1. The van der Waals surface area contributed by atoms with Crippen molar-refractivity contribution >= 4 is 76.9 Å². The molecule has 0 bridgehead atoms. The van der Waals surface area contributed by atoms with Crippen LogP contribution in [-0.4, -0.2) is 128 Å². The van der Waals surface area contributed by atoms with Crippen molar-refractivity contribution in [2.45, 2.75) is 115 Å². The Morgan fingerprint density at radius 2 is 1.54 bits per heavy atom. The molecule has 0 radical (unpaired) electrons. The standard InChI is InChI=1S/C69H78BN7O12S/c1-68(2)51-24-13-15-26-54(51)75(5)57(68)39-48-61(49(63(48)80)40-58-69(3,4)52-25-14-16-27-55(52)76(58)6)77-37-19-28-56(77)67(83)74-53(42-90-89-88-85)66(82)72-34-18-17-29-59(78)71-35-36-73-65(81)47-38-46(64(86-7)60-50(47)41-87-70(60)84)23-12-11-20-43-30-32-45(33-31-43)62(79)44-21-9-8-10-22-44/h8-10,13-16,21-22,24-27,30-33,38-40,53,56,84H,11-12,17-20,23,28-29,34-37,41-42H2,1-7H3,(H4-,71,72,73,74,78,81,82,83,85)/t53?,56-/m1/s1. The summed E-state index contributed by atoms with van der Waals surface area (Å²) in [6, 6.07) is 33.1. The molecule has 1 saturated heterocycles. The quantitative estimate of drug-likeness (QED) is 0.00556. The van der Waals surface area contributed by atoms with Gasteiger partial charge in [0.25, 0.3) is 5.91 Å². The number of anilines is 1. The molecule has 1 aliphatic carbocycles. The van der Waals surface area contributed by atoms with Crippen molar-refractivity contribution in [2.75, 3.05) is 58.0 Å². The van der Waals surface area contributed by atoms with Crippen LogP contribution >= 0.6 is 12.0 Å². The lowest BCUT2D eigenvalue weighted by Gasteiger charge is -2.37. The number of carbonyl (C=O) groups excluding carboxylic acids is 6. The van der Waals surface area contributed by atoms with Gasteiger partial charge in [-0.1, -0.05) is 105 Å². The van der Waals surface area contributed by atoms with Gasteiger partial charge in [-0.25, -0.2) is 0 Å². The van der Waals surface area contributed by atoms with Crippen molar-refractivity contribution in [3.8, 4) is 5.75 Å². The molecule has 1 fully saturated rings. The Balaban J connectivity index is 0.718. The number of benzene rings is 5. The summed E-state index contributed by atoms with van der Waals surface area (Å²) in [5.74, 6) is -1.42. The second-order valence-corrected chi connectivity index (χ2v) is 25.1. The van der Waals surface area contributed by atoms with Crippen LogP contribution in [0.2, 0.25) is 0 Å². The maximum absolute atomic E-state index is 14.7. The second-order valence-electron chi connectivity index (χ2n) is 24.4. The van der Waals surface area contributed by atoms with Crippen molar-refractivity contribution in [1.29, 1.82) is 0 Å². The third-order valence-corrected chi connectivity index (χ3v) is 18.7. The maximum Gasteiger partial charge on any atom is 0.495 e. The smallest absolute Gasteiger partial charge is 0.495 e. The molecule has 21 heteroatoms. The molecular weight excluding hydrogens is 1160 g/mol. The number of rotatable bonds is 27. The number of likely N-dealkylation sites (tertiary alicyclic amines) is 1. The van der Waals surface area contributed by atoms with Gasteiger partial charge in [0.1, 0.15) is 24.9 Å². The summed E-state index contributed by atoms with van der Waals surface area (Å²) >= 11 is 0.577. The van der Waals surface area contributed by atoms with E-state index in [1.165, 1.54) is 7.11 Å². The van der Waals surface area contributed by atoms with Gasteiger partial charge in [0, 0.05) is 114 Å². The van der Waals surface area contributed by atoms with Gasteiger partial charge in [0.2, 0.25) is 23.4 Å². The average molecular weight is 1240 g/mol. The van der Waals surface area contributed by atoms with Crippen molar-refractivity contribution in [3.05, 3.63) is 188 Å². The van der Waals surface area contributed by atoms with Gasteiger partial charge >= 0.3 is 7.12 Å². The number of para-hydroxylation sites is 2. The van der Waals surface area contributed by atoms with Crippen LogP contribution in [0.5, 0.6) is 5.75 Å². The van der Waals surface area contributed by atoms with Crippen LogP contribution in [0.15, 0.2) is 144 Å². The van der Waals surface area contributed by atoms with E-state index >= 15 is 0 Å². The Morgan fingerprint density at radius 3 is 2.28 bits per heavy atom. The third-order valence-electron chi connectivity index (χ3n) is 18.1. The Hall–Kier alpha value is -8.18. The van der Waals surface area contributed by atoms with Crippen LogP contribution in [0.4, 0.5) is 11.4 Å². The van der Waals surface area contributed by atoms with E-state index in [-0.39, 0.29) is 61.8 Å². The number of aryl methyl sites for hydroxylation is 2. The van der Waals surface area contributed by atoms with E-state index in [4.69, 9.17) is 9.39 Å². The van der Waals surface area contributed by atoms with Crippen LogP contribution in [0.1, 0.15) is 127 Å². The van der Waals surface area contributed by atoms with E-state index < -0.39 is 41.8 Å². The first-order valence-electron chi connectivity index (χ1n) is 30.8. The molecule has 5 aromatic carbocycles. The van der Waals surface area contributed by atoms with Crippen LogP contribution in [0.3, 0.4) is 0 Å². The van der Waals surface area contributed by atoms with Crippen LogP contribution < -0.4 is 41.6 Å². The lowest BCUT2D eigenvalue weighted by Crippen LogP contribution is -2.54. The molecule has 0 aromatic heterocycles. The molecule has 470 valence electrons. The van der Waals surface area contributed by atoms with Gasteiger partial charge in [-0.05, 0) is 106 Å². The highest BCUT2D eigenvalue weighted by atomic mass is 32.2. The number of ether oxygens (including phenoxy) is 1. The highest BCUT2D eigenvalue weighted by molar-refractivity contribution is 7.94. The zero-order chi connectivity index (χ0) is 63.9. The molecule has 5 aromatic rings. The largest absolute Gasteiger partial charge is 0.691 e. The van der Waals surface area contributed by atoms with Gasteiger partial charge < -0.3 is 50.7 Å². The summed E-state index contributed by atoms with van der Waals surface area (Å²) < 4.78 is 18.0. The Morgan fingerprint density at radius 1 is 0.844 bits per heavy atom. The van der Waals surface area contributed by atoms with Crippen molar-refractivity contribution in [2.24, 2.45) is 0 Å². The topological polar surface area (TPSA) is 240 Å². The molecule has 10 rings (SSSR count). The highest BCUT2D eigenvalue weighted by Gasteiger charge is 2.49. The van der Waals surface area contributed by atoms with Gasteiger partial charge in [0.05, 0.1) is 36.2 Å². The molecule has 1 unspecified atom stereocenters. The van der Waals surface area contributed by atoms with E-state index in [0.717, 1.165) is 64.3 Å². The third kappa shape index (κ3) is 13.5. The molecule has 4 heterocycles. The number of nitrogens with one attached hydrogen (secondary N) is 4. The molecule has 0 saturated carbocycles. The Labute approximate surface area is 530 Å². The van der Waals surface area contributed by atoms with Crippen LogP contribution in [0, 0.1) is 0 Å². The van der Waals surface area contributed by atoms with E-state index in [2.05, 4.69) is 92.1 Å². The predicted molar refractivity (Wildman–Crippen MR) is 343 cm³/mol. The number of allylic oxidation sites excluding steroid dienone is 5. The molecular formula is C69H78BN7O12S. The minimum absolute atomic E-state index is 0.0248. The molecule has 2 atom stereocenters. The monoisotopic (exact) mass is 1240 g/mol. The Kier molecular flexibility index (Phi) is 20.4. The molecule has 4 amide bonds. The normalized spacial score (nSPS) is 18.2. The number of nitrogens with zero attached hydrogens (tertiary/aromatic N) is 3. The molecule has 4 aliphatic heterocycles. The number of ketones is 2. The fourth-order valence-electron chi connectivity index (χ4n) is 13.3. The van der Waals surface area contributed by atoms with Crippen molar-refractivity contribution in [3.63, 3.8) is 0 Å². The average Bonchev–Trinajstić information content (AvgIpc) is 1.43. The summed E-state index contributed by atoms with van der Waals surface area (Å²) in [5, 5.41) is 36.7. The lowest BCUT2D eigenvalue weighted by atomic mass is 9.75. The first kappa shape index (κ1) is 64.8. The number of carbonyl (C=O) groups is 6. The summed E-state index contributed by atoms with van der Waals surface area (Å²) in [4.78, 5) is 86.8. The molecule has 19 nitrogen and oxygen atoms in total. The number of hydrogen-bond donors (Lipinski definition) is 5. The number of hydrogen-bond acceptors (Lipinski definition) is 15. The summed E-state index contributed by atoms with van der Waals surface area (Å²) in [7, 11) is 4.28. The fourth-order valence-corrected chi connectivity index (χ4v) is 13.8. The SMILES string of the molecule is COc1c(CCCCc2ccc(C(=O)c3ccccc3)cc2)cc(C(=O)NCCNC(=O)CCCCNC(=O)C(CSOO[O-])NC(=O)[C@H]2CCCN2C2=C(C=C3N(C)c4ccccc4C3(C)C)C(=O)C2=CC2=[N+](C)c3ccccc3C2(C)C)c2c1B(O)OC2. The number of amides is 4. The van der Waals surface area contributed by atoms with E-state index in [0.29, 0.717) is 101 Å². The van der Waals surface area contributed by atoms with E-state index in [1.807, 2.05) is 97.9 Å². The minimum Gasteiger partial charge on any atom is -0.691 e. The summed E-state index contributed by atoms with van der Waals surface area (Å²) in [6.07, 6.45) is 8.96. The minimum atomic E-state index is -1.26. The van der Waals surface area contributed by atoms with Gasteiger partial charge in [-0.15, -0.1) is 0 Å². The van der Waals surface area contributed by atoms with Gasteiger partial charge in [0.15, 0.2) is 17.3 Å². The lowest BCUT2D eigenvalue weighted by molar-refractivity contribution is -0.777. The molecule has 5 aliphatic rings. The van der Waals surface area contributed by atoms with E-state index in [1.54, 1.807) is 18.2 Å². The highest BCUT2D eigenvalue weighted by Crippen LogP contribution is 2.49. The van der Waals surface area contributed by atoms with Crippen LogP contribution in [0.25, 0.3) is 0 Å². The van der Waals surface area contributed by atoms with E-state index in [9.17, 15) is 39.0 Å². The first-order valence-corrected chi connectivity index (χ1v) is 31.7. The zero-order valence-electron chi connectivity index (χ0n) is 52.1. The molecule has 0 spiro atoms. The van der Waals surface area contributed by atoms with Crippen molar-refractivity contribution in [1.82, 2.24) is 26.2 Å². The fraction of sp³-hybridized carbons (Fsp3) is 0.377. The van der Waals surface area contributed by atoms with Crippen molar-refractivity contribution < 1.29 is 62.4 Å². The summed E-state index contributed by atoms with van der Waals surface area (Å²) in [6.45, 7) is 9.54. The van der Waals surface area contributed by atoms with Gasteiger partial charge in [-0.3, -0.25) is 33.8 Å². The second kappa shape index (κ2) is 28.3. The zero-order valence-corrected chi connectivity index (χ0v) is 52.9. The molecule has 90 heavy (non-hydrogen) atoms. The number of methoxy groups -OCH3 is 1. The predicted octanol–water partition coefficient (Wildman–Crippen LogP) is 6.44. The summed E-state index contributed by atoms with van der Waals surface area (Å²) in [5.41, 5.74) is 11.5. The number of fused-ring (bicyclic) bond motifs is 3. The molecule has 5 N–H and O–H groups in total.